The maximum Gasteiger partial charge on any atom is 0.289 e. The van der Waals surface area contributed by atoms with Crippen molar-refractivity contribution in [2.24, 2.45) is 5.73 Å². The summed E-state index contributed by atoms with van der Waals surface area (Å²) in [5.41, 5.74) is 6.07. The van der Waals surface area contributed by atoms with Crippen LogP contribution < -0.4 is 11.1 Å². The molecule has 0 radical (unpaired) electrons. The molecule has 0 aliphatic rings. The molecule has 1 atom stereocenters. The summed E-state index contributed by atoms with van der Waals surface area (Å²) in [5, 5.41) is 2.46. The van der Waals surface area contributed by atoms with Gasteiger partial charge in [0.15, 0.2) is 5.89 Å². The molecule has 3 N–H and O–H groups in total. The molecule has 2 rings (SSSR count). The Balaban J connectivity index is 2.30. The van der Waals surface area contributed by atoms with Crippen molar-refractivity contribution in [1.29, 1.82) is 0 Å². The fraction of sp³-hybridized carbons (Fsp3) is 0.250. The number of aromatic nitrogens is 1. The first-order valence-electron chi connectivity index (χ1n) is 7.11. The summed E-state index contributed by atoms with van der Waals surface area (Å²) in [4.78, 5) is 39.3. The minimum atomic E-state index is -1.09. The number of nitrogens with one attached hydrogen (secondary N) is 1. The number of hydrogen-bond acceptors (Lipinski definition) is 5. The molecule has 0 saturated heterocycles. The number of rotatable bonds is 6. The second-order valence-electron chi connectivity index (χ2n) is 4.94. The van der Waals surface area contributed by atoms with Gasteiger partial charge in [-0.1, -0.05) is 37.3 Å². The van der Waals surface area contributed by atoms with Crippen molar-refractivity contribution in [3.63, 3.8) is 0 Å². The molecule has 0 aliphatic heterocycles. The molecule has 0 unspecified atom stereocenters. The van der Waals surface area contributed by atoms with Crippen LogP contribution >= 0.6 is 0 Å². The Bertz CT molecular complexity index is 737. The van der Waals surface area contributed by atoms with Gasteiger partial charge < -0.3 is 15.5 Å². The van der Waals surface area contributed by atoms with E-state index in [1.54, 1.807) is 26.0 Å². The third-order valence-electron chi connectivity index (χ3n) is 3.26. The Morgan fingerprint density at radius 2 is 1.91 bits per heavy atom. The molecule has 2 amide bonds. The van der Waals surface area contributed by atoms with Gasteiger partial charge in [0.1, 0.15) is 5.69 Å². The lowest BCUT2D eigenvalue weighted by Gasteiger charge is -2.13. The number of carbonyl (C=O) groups excluding carboxylic acids is 3. The van der Waals surface area contributed by atoms with Gasteiger partial charge >= 0.3 is 0 Å². The lowest BCUT2D eigenvalue weighted by molar-refractivity contribution is -0.137. The van der Waals surface area contributed by atoms with Gasteiger partial charge in [-0.15, -0.1) is 0 Å². The second kappa shape index (κ2) is 6.87. The topological polar surface area (TPSA) is 115 Å². The van der Waals surface area contributed by atoms with Crippen LogP contribution in [0.1, 0.15) is 29.8 Å². The Morgan fingerprint density at radius 1 is 1.26 bits per heavy atom. The Labute approximate surface area is 132 Å². The number of oxazole rings is 1. The number of nitrogens with two attached hydrogens (primary N) is 1. The average molecular weight is 315 g/mol. The highest BCUT2D eigenvalue weighted by Crippen LogP contribution is 2.23. The van der Waals surface area contributed by atoms with Crippen LogP contribution in [-0.2, 0) is 9.59 Å². The summed E-state index contributed by atoms with van der Waals surface area (Å²) >= 11 is 0. The predicted molar refractivity (Wildman–Crippen MR) is 82.4 cm³/mol. The van der Waals surface area contributed by atoms with E-state index < -0.39 is 23.6 Å². The summed E-state index contributed by atoms with van der Waals surface area (Å²) < 4.78 is 5.37. The number of aryl methyl sites for hydroxylation is 1. The fourth-order valence-electron chi connectivity index (χ4n) is 2.12. The first-order chi connectivity index (χ1) is 10.9. The molecule has 1 aromatic heterocycles. The molecule has 1 heterocycles. The second-order valence-corrected chi connectivity index (χ2v) is 4.94. The highest BCUT2D eigenvalue weighted by Gasteiger charge is 2.27. The van der Waals surface area contributed by atoms with Crippen LogP contribution in [0.15, 0.2) is 34.7 Å². The summed E-state index contributed by atoms with van der Waals surface area (Å²) in [6.07, 6.45) is 0.237. The van der Waals surface area contributed by atoms with Crippen molar-refractivity contribution in [2.75, 3.05) is 0 Å². The van der Waals surface area contributed by atoms with E-state index in [4.69, 9.17) is 10.2 Å². The van der Waals surface area contributed by atoms with Crippen molar-refractivity contribution in [1.82, 2.24) is 10.3 Å². The zero-order chi connectivity index (χ0) is 17.0. The molecule has 7 nitrogen and oxygen atoms in total. The summed E-state index contributed by atoms with van der Waals surface area (Å²) in [7, 11) is 0. The smallest absolute Gasteiger partial charge is 0.289 e. The molecule has 7 heteroatoms. The van der Waals surface area contributed by atoms with Crippen LogP contribution in [0.25, 0.3) is 11.3 Å². The standard InChI is InChI=1S/C16H17N3O4/c1-3-11(13(20)15(17)21)19-16(22)14-12(18-9(2)23-14)10-7-5-4-6-8-10/h4-8,11H,3H2,1-2H3,(H2,17,21)(H,19,22)/t11-/m0/s1. The van der Waals surface area contributed by atoms with Gasteiger partial charge in [0.05, 0.1) is 6.04 Å². The first kappa shape index (κ1) is 16.4. The zero-order valence-corrected chi connectivity index (χ0v) is 12.8. The van der Waals surface area contributed by atoms with Gasteiger partial charge in [-0.25, -0.2) is 4.98 Å². The summed E-state index contributed by atoms with van der Waals surface area (Å²) in [6, 6.07) is 8.06. The number of amides is 2. The van der Waals surface area contributed by atoms with Crippen LogP contribution in [-0.4, -0.2) is 28.6 Å². The van der Waals surface area contributed by atoms with Crippen LogP contribution in [0.4, 0.5) is 0 Å². The van der Waals surface area contributed by atoms with Crippen molar-refractivity contribution < 1.29 is 18.8 Å². The van der Waals surface area contributed by atoms with Gasteiger partial charge in [0, 0.05) is 12.5 Å². The number of nitrogens with zero attached hydrogens (tertiary/aromatic N) is 1. The number of primary amides is 1. The van der Waals surface area contributed by atoms with Gasteiger partial charge in [-0.05, 0) is 6.42 Å². The lowest BCUT2D eigenvalue weighted by Crippen LogP contribution is -2.45. The number of carbonyl (C=O) groups is 3. The predicted octanol–water partition coefficient (Wildman–Crippen LogP) is 1.21. The highest BCUT2D eigenvalue weighted by molar-refractivity contribution is 6.37. The van der Waals surface area contributed by atoms with Crippen LogP contribution in [0, 0.1) is 6.92 Å². The van der Waals surface area contributed by atoms with Crippen LogP contribution in [0.3, 0.4) is 0 Å². The Kier molecular flexibility index (Phi) is 4.90. The average Bonchev–Trinajstić information content (AvgIpc) is 2.94. The van der Waals surface area contributed by atoms with E-state index >= 15 is 0 Å². The van der Waals surface area contributed by atoms with E-state index in [2.05, 4.69) is 10.3 Å². The van der Waals surface area contributed by atoms with Gasteiger partial charge in [-0.2, -0.15) is 0 Å². The van der Waals surface area contributed by atoms with Crippen molar-refractivity contribution in [3.05, 3.63) is 42.0 Å². The molecule has 120 valence electrons. The minimum absolute atomic E-state index is 0.00980. The maximum atomic E-state index is 12.4. The number of ketones is 1. The first-order valence-corrected chi connectivity index (χ1v) is 7.11. The molecule has 0 saturated carbocycles. The Hall–Kier alpha value is -2.96. The monoisotopic (exact) mass is 315 g/mol. The van der Waals surface area contributed by atoms with Crippen molar-refractivity contribution in [3.8, 4) is 11.3 Å². The van der Waals surface area contributed by atoms with E-state index in [1.165, 1.54) is 0 Å². The summed E-state index contributed by atoms with van der Waals surface area (Å²) in [5.74, 6) is -2.24. The number of hydrogen-bond donors (Lipinski definition) is 2. The maximum absolute atomic E-state index is 12.4. The largest absolute Gasteiger partial charge is 0.435 e. The van der Waals surface area contributed by atoms with E-state index in [0.29, 0.717) is 17.1 Å². The zero-order valence-electron chi connectivity index (χ0n) is 12.8. The van der Waals surface area contributed by atoms with Gasteiger partial charge in [0.25, 0.3) is 11.8 Å². The SMILES string of the molecule is CC[C@H](NC(=O)c1oc(C)nc1-c1ccccc1)C(=O)C(N)=O. The molecular weight excluding hydrogens is 298 g/mol. The lowest BCUT2D eigenvalue weighted by atomic mass is 10.1. The van der Waals surface area contributed by atoms with E-state index in [-0.39, 0.29) is 12.2 Å². The molecule has 2 aromatic rings. The summed E-state index contributed by atoms with van der Waals surface area (Å²) in [6.45, 7) is 3.28. The van der Waals surface area contributed by atoms with Gasteiger partial charge in [-0.3, -0.25) is 14.4 Å². The normalized spacial score (nSPS) is 11.7. The fourth-order valence-corrected chi connectivity index (χ4v) is 2.12. The minimum Gasteiger partial charge on any atom is -0.435 e. The van der Waals surface area contributed by atoms with Crippen molar-refractivity contribution in [2.45, 2.75) is 26.3 Å². The number of benzene rings is 1. The molecule has 23 heavy (non-hydrogen) atoms. The number of Topliss-reactive ketones (excluding diaryl/α,β-unsaturated/α-hetero) is 1. The van der Waals surface area contributed by atoms with Crippen LogP contribution in [0.2, 0.25) is 0 Å². The molecule has 0 fully saturated rings. The quantitative estimate of drug-likeness (QED) is 0.777. The highest BCUT2D eigenvalue weighted by atomic mass is 16.4. The van der Waals surface area contributed by atoms with Crippen molar-refractivity contribution >= 4 is 17.6 Å². The third kappa shape index (κ3) is 3.63. The van der Waals surface area contributed by atoms with E-state index in [1.807, 2.05) is 18.2 Å². The molecule has 1 aromatic carbocycles. The van der Waals surface area contributed by atoms with Crippen LogP contribution in [0.5, 0.6) is 0 Å². The third-order valence-corrected chi connectivity index (χ3v) is 3.26. The van der Waals surface area contributed by atoms with Gasteiger partial charge in [0.2, 0.25) is 11.5 Å². The molecule has 0 aliphatic carbocycles. The molecule has 0 bridgehead atoms. The molecular formula is C16H17N3O4. The van der Waals surface area contributed by atoms with E-state index in [0.717, 1.165) is 0 Å². The molecule has 0 spiro atoms. The van der Waals surface area contributed by atoms with E-state index in [9.17, 15) is 14.4 Å². The Morgan fingerprint density at radius 3 is 2.48 bits per heavy atom.